The van der Waals surface area contributed by atoms with Crippen LogP contribution in [-0.4, -0.2) is 59.6 Å². The molecule has 1 unspecified atom stereocenters. The van der Waals surface area contributed by atoms with Gasteiger partial charge in [-0.2, -0.15) is 0 Å². The first-order valence-electron chi connectivity index (χ1n) is 8.60. The van der Waals surface area contributed by atoms with Gasteiger partial charge in [-0.15, -0.1) is 0 Å². The van der Waals surface area contributed by atoms with Crippen molar-refractivity contribution in [1.82, 2.24) is 19.4 Å². The minimum absolute atomic E-state index is 0.130. The molecule has 6 heteroatoms. The van der Waals surface area contributed by atoms with Crippen molar-refractivity contribution in [3.8, 4) is 5.75 Å². The van der Waals surface area contributed by atoms with E-state index in [9.17, 15) is 4.79 Å². The molecule has 1 saturated heterocycles. The van der Waals surface area contributed by atoms with E-state index in [1.54, 1.807) is 24.5 Å². The Labute approximate surface area is 149 Å². The van der Waals surface area contributed by atoms with Gasteiger partial charge in [-0.3, -0.25) is 9.69 Å². The number of benzene rings is 1. The normalized spacial score (nSPS) is 21.1. The van der Waals surface area contributed by atoms with E-state index < -0.39 is 5.54 Å². The molecule has 6 nitrogen and oxygen atoms in total. The Morgan fingerprint density at radius 3 is 2.68 bits per heavy atom. The number of likely N-dealkylation sites (tertiary alicyclic amines) is 1. The third kappa shape index (κ3) is 3.54. The highest BCUT2D eigenvalue weighted by molar-refractivity contribution is 5.84. The van der Waals surface area contributed by atoms with Gasteiger partial charge in [-0.05, 0) is 37.1 Å². The van der Waals surface area contributed by atoms with Crippen molar-refractivity contribution in [2.75, 3.05) is 34.3 Å². The first-order valence-corrected chi connectivity index (χ1v) is 8.60. The molecule has 1 aliphatic heterocycles. The standard InChI is InChI=1S/C19H26N4O2/c1-21(2)18(24)19(23-12-10-20-15-23)9-4-11-22(14-19)13-16-5-7-17(25-3)8-6-16/h5-8,10,12,15H,4,9,11,13-14H2,1-3H3. The molecule has 0 aliphatic carbocycles. The highest BCUT2D eigenvalue weighted by Crippen LogP contribution is 2.31. The van der Waals surface area contributed by atoms with Crippen LogP contribution in [0.5, 0.6) is 5.75 Å². The molecule has 1 fully saturated rings. The van der Waals surface area contributed by atoms with Crippen LogP contribution in [0.3, 0.4) is 0 Å². The predicted molar refractivity (Wildman–Crippen MR) is 96.4 cm³/mol. The highest BCUT2D eigenvalue weighted by Gasteiger charge is 2.44. The SMILES string of the molecule is COc1ccc(CN2CCCC(C(=O)N(C)C)(n3ccnc3)C2)cc1. The molecule has 1 aromatic carbocycles. The summed E-state index contributed by atoms with van der Waals surface area (Å²) in [6.07, 6.45) is 7.22. The Morgan fingerprint density at radius 2 is 2.08 bits per heavy atom. The Balaban J connectivity index is 1.82. The fraction of sp³-hybridized carbons (Fsp3) is 0.474. The molecule has 0 bridgehead atoms. The summed E-state index contributed by atoms with van der Waals surface area (Å²) in [5.41, 5.74) is 0.643. The largest absolute Gasteiger partial charge is 0.497 e. The minimum atomic E-state index is -0.579. The first-order chi connectivity index (χ1) is 12.0. The van der Waals surface area contributed by atoms with Gasteiger partial charge >= 0.3 is 0 Å². The number of aromatic nitrogens is 2. The van der Waals surface area contributed by atoms with Crippen molar-refractivity contribution in [2.45, 2.75) is 24.9 Å². The fourth-order valence-electron chi connectivity index (χ4n) is 3.67. The number of methoxy groups -OCH3 is 1. The van der Waals surface area contributed by atoms with Crippen molar-refractivity contribution in [2.24, 2.45) is 0 Å². The Hall–Kier alpha value is -2.34. The fourth-order valence-corrected chi connectivity index (χ4v) is 3.67. The number of carbonyl (C=O) groups is 1. The van der Waals surface area contributed by atoms with Crippen LogP contribution in [0.4, 0.5) is 0 Å². The van der Waals surface area contributed by atoms with Gasteiger partial charge in [-0.1, -0.05) is 12.1 Å². The van der Waals surface area contributed by atoms with Crippen molar-refractivity contribution in [3.63, 3.8) is 0 Å². The summed E-state index contributed by atoms with van der Waals surface area (Å²) in [6.45, 7) is 2.50. The number of carbonyl (C=O) groups excluding carboxylic acids is 1. The van der Waals surface area contributed by atoms with Crippen LogP contribution in [0.2, 0.25) is 0 Å². The number of amides is 1. The molecular formula is C19H26N4O2. The zero-order valence-corrected chi connectivity index (χ0v) is 15.2. The first kappa shape index (κ1) is 17.5. The summed E-state index contributed by atoms with van der Waals surface area (Å²) in [6, 6.07) is 8.13. The van der Waals surface area contributed by atoms with Crippen LogP contribution in [0.25, 0.3) is 0 Å². The number of ether oxygens (including phenoxy) is 1. The van der Waals surface area contributed by atoms with Crippen LogP contribution in [0.1, 0.15) is 18.4 Å². The quantitative estimate of drug-likeness (QED) is 0.834. The van der Waals surface area contributed by atoms with Gasteiger partial charge in [0.05, 0.1) is 13.4 Å². The third-order valence-electron chi connectivity index (χ3n) is 4.92. The van der Waals surface area contributed by atoms with Gasteiger partial charge in [0, 0.05) is 39.6 Å². The second-order valence-corrected chi connectivity index (χ2v) is 6.86. The third-order valence-corrected chi connectivity index (χ3v) is 4.92. The van der Waals surface area contributed by atoms with E-state index in [4.69, 9.17) is 4.74 Å². The molecular weight excluding hydrogens is 316 g/mol. The molecule has 2 heterocycles. The van der Waals surface area contributed by atoms with Gasteiger partial charge in [-0.25, -0.2) is 4.98 Å². The van der Waals surface area contributed by atoms with Crippen LogP contribution < -0.4 is 4.74 Å². The molecule has 25 heavy (non-hydrogen) atoms. The van der Waals surface area contributed by atoms with Gasteiger partial charge in [0.1, 0.15) is 11.3 Å². The van der Waals surface area contributed by atoms with Gasteiger partial charge in [0.15, 0.2) is 0 Å². The summed E-state index contributed by atoms with van der Waals surface area (Å²) in [5, 5.41) is 0. The van der Waals surface area contributed by atoms with Gasteiger partial charge < -0.3 is 14.2 Å². The maximum atomic E-state index is 13.0. The zero-order valence-electron chi connectivity index (χ0n) is 15.2. The second-order valence-electron chi connectivity index (χ2n) is 6.86. The van der Waals surface area contributed by atoms with E-state index in [0.717, 1.165) is 31.7 Å². The smallest absolute Gasteiger partial charge is 0.249 e. The Bertz CT molecular complexity index is 697. The summed E-state index contributed by atoms with van der Waals surface area (Å²) in [4.78, 5) is 21.3. The number of imidazole rings is 1. The second kappa shape index (κ2) is 7.27. The number of piperidine rings is 1. The number of nitrogens with zero attached hydrogens (tertiary/aromatic N) is 4. The molecule has 1 aliphatic rings. The summed E-state index contributed by atoms with van der Waals surface area (Å²) < 4.78 is 7.21. The molecule has 2 aromatic rings. The highest BCUT2D eigenvalue weighted by atomic mass is 16.5. The molecule has 0 spiro atoms. The molecule has 0 radical (unpaired) electrons. The van der Waals surface area contributed by atoms with E-state index in [1.165, 1.54) is 5.56 Å². The van der Waals surface area contributed by atoms with E-state index in [-0.39, 0.29) is 5.91 Å². The lowest BCUT2D eigenvalue weighted by molar-refractivity contribution is -0.141. The summed E-state index contributed by atoms with van der Waals surface area (Å²) in [7, 11) is 5.32. The lowest BCUT2D eigenvalue weighted by Crippen LogP contribution is -2.57. The minimum Gasteiger partial charge on any atom is -0.497 e. The number of likely N-dealkylation sites (N-methyl/N-ethyl adjacent to an activating group) is 1. The summed E-state index contributed by atoms with van der Waals surface area (Å²) in [5.74, 6) is 0.989. The van der Waals surface area contributed by atoms with Crippen molar-refractivity contribution in [1.29, 1.82) is 0 Å². The Morgan fingerprint density at radius 1 is 1.32 bits per heavy atom. The number of hydrogen-bond donors (Lipinski definition) is 0. The average molecular weight is 342 g/mol. The lowest BCUT2D eigenvalue weighted by atomic mass is 9.87. The van der Waals surface area contributed by atoms with Crippen LogP contribution in [-0.2, 0) is 16.9 Å². The van der Waals surface area contributed by atoms with E-state index >= 15 is 0 Å². The van der Waals surface area contributed by atoms with E-state index in [0.29, 0.717) is 6.54 Å². The van der Waals surface area contributed by atoms with Crippen LogP contribution in [0.15, 0.2) is 43.0 Å². The monoisotopic (exact) mass is 342 g/mol. The molecule has 134 valence electrons. The lowest BCUT2D eigenvalue weighted by Gasteiger charge is -2.43. The van der Waals surface area contributed by atoms with Crippen molar-refractivity contribution in [3.05, 3.63) is 48.5 Å². The predicted octanol–water partition coefficient (Wildman–Crippen LogP) is 1.97. The Kier molecular flexibility index (Phi) is 5.08. The molecule has 1 atom stereocenters. The molecule has 1 aromatic heterocycles. The summed E-state index contributed by atoms with van der Waals surface area (Å²) >= 11 is 0. The van der Waals surface area contributed by atoms with E-state index in [2.05, 4.69) is 22.0 Å². The number of rotatable bonds is 5. The zero-order chi connectivity index (χ0) is 17.9. The van der Waals surface area contributed by atoms with E-state index in [1.807, 2.05) is 37.0 Å². The molecule has 3 rings (SSSR count). The molecule has 1 amide bonds. The van der Waals surface area contributed by atoms with Crippen molar-refractivity contribution >= 4 is 5.91 Å². The maximum Gasteiger partial charge on any atom is 0.249 e. The van der Waals surface area contributed by atoms with Gasteiger partial charge in [0.25, 0.3) is 0 Å². The maximum absolute atomic E-state index is 13.0. The van der Waals surface area contributed by atoms with Gasteiger partial charge in [0.2, 0.25) is 5.91 Å². The van der Waals surface area contributed by atoms with Crippen LogP contribution in [0, 0.1) is 0 Å². The van der Waals surface area contributed by atoms with Crippen molar-refractivity contribution < 1.29 is 9.53 Å². The molecule has 0 saturated carbocycles. The number of hydrogen-bond acceptors (Lipinski definition) is 4. The average Bonchev–Trinajstić information content (AvgIpc) is 3.17. The topological polar surface area (TPSA) is 50.6 Å². The van der Waals surface area contributed by atoms with Crippen LogP contribution >= 0.6 is 0 Å². The molecule has 0 N–H and O–H groups in total.